The summed E-state index contributed by atoms with van der Waals surface area (Å²) in [4.78, 5) is 5.62. The van der Waals surface area contributed by atoms with Gasteiger partial charge in [-0.1, -0.05) is 12.8 Å². The highest BCUT2D eigenvalue weighted by Crippen LogP contribution is 2.35. The fraction of sp³-hybridized carbons (Fsp3) is 1.00. The Hall–Kier alpha value is -0.120. The fourth-order valence-electron chi connectivity index (χ4n) is 4.98. The van der Waals surface area contributed by atoms with Gasteiger partial charge in [0.25, 0.3) is 0 Å². The summed E-state index contributed by atoms with van der Waals surface area (Å²) in [7, 11) is 2.15. The van der Waals surface area contributed by atoms with Crippen LogP contribution in [0.15, 0.2) is 0 Å². The maximum Gasteiger partial charge on any atom is 0.0200 e. The first-order chi connectivity index (χ1) is 9.78. The van der Waals surface area contributed by atoms with Crippen LogP contribution >= 0.6 is 0 Å². The summed E-state index contributed by atoms with van der Waals surface area (Å²) >= 11 is 0. The van der Waals surface area contributed by atoms with Crippen molar-refractivity contribution in [2.45, 2.75) is 82.5 Å². The molecule has 3 fully saturated rings. The second-order valence-electron chi connectivity index (χ2n) is 7.35. The van der Waals surface area contributed by atoms with Crippen molar-refractivity contribution >= 4 is 0 Å². The third-order valence-electron chi connectivity index (χ3n) is 5.92. The smallest absolute Gasteiger partial charge is 0.0200 e. The van der Waals surface area contributed by atoms with Crippen LogP contribution in [0.3, 0.4) is 0 Å². The van der Waals surface area contributed by atoms with E-state index in [2.05, 4.69) is 29.1 Å². The van der Waals surface area contributed by atoms with Gasteiger partial charge in [-0.15, -0.1) is 0 Å². The zero-order valence-electron chi connectivity index (χ0n) is 13.5. The van der Waals surface area contributed by atoms with Gasteiger partial charge < -0.3 is 10.2 Å². The summed E-state index contributed by atoms with van der Waals surface area (Å²) in [5.41, 5.74) is 0. The number of nitrogens with zero attached hydrogens (tertiary/aromatic N) is 2. The molecule has 0 aromatic rings. The summed E-state index contributed by atoms with van der Waals surface area (Å²) < 4.78 is 0. The molecule has 0 radical (unpaired) electrons. The Morgan fingerprint density at radius 3 is 2.25 bits per heavy atom. The lowest BCUT2D eigenvalue weighted by Crippen LogP contribution is -2.60. The van der Waals surface area contributed by atoms with E-state index in [1.54, 1.807) is 0 Å². The van der Waals surface area contributed by atoms with Crippen molar-refractivity contribution in [1.82, 2.24) is 15.1 Å². The van der Waals surface area contributed by atoms with E-state index >= 15 is 0 Å². The number of piperidine rings is 3. The molecule has 3 saturated heterocycles. The first kappa shape index (κ1) is 14.8. The molecule has 3 atom stereocenters. The van der Waals surface area contributed by atoms with Crippen molar-refractivity contribution in [3.05, 3.63) is 0 Å². The van der Waals surface area contributed by atoms with Gasteiger partial charge in [0.2, 0.25) is 0 Å². The highest BCUT2D eigenvalue weighted by atomic mass is 15.3. The third kappa shape index (κ3) is 3.20. The first-order valence-electron chi connectivity index (χ1n) is 8.95. The number of rotatable bonds is 4. The molecule has 0 aliphatic carbocycles. The molecule has 0 amide bonds. The quantitative estimate of drug-likeness (QED) is 0.853. The Balaban J connectivity index is 1.60. The first-order valence-corrected chi connectivity index (χ1v) is 8.95. The molecular weight excluding hydrogens is 246 g/mol. The van der Waals surface area contributed by atoms with Gasteiger partial charge in [0, 0.05) is 30.7 Å². The molecule has 2 bridgehead atoms. The van der Waals surface area contributed by atoms with Crippen LogP contribution in [0.5, 0.6) is 0 Å². The Bertz CT molecular complexity index is 287. The van der Waals surface area contributed by atoms with E-state index in [4.69, 9.17) is 0 Å². The highest BCUT2D eigenvalue weighted by molar-refractivity contribution is 4.97. The van der Waals surface area contributed by atoms with E-state index in [1.807, 2.05) is 0 Å². The van der Waals surface area contributed by atoms with E-state index in [9.17, 15) is 0 Å². The van der Waals surface area contributed by atoms with Crippen molar-refractivity contribution in [1.29, 1.82) is 0 Å². The van der Waals surface area contributed by atoms with Crippen LogP contribution < -0.4 is 5.32 Å². The number of nitrogens with one attached hydrogen (secondary N) is 1. The Kier molecular flexibility index (Phi) is 5.00. The second kappa shape index (κ2) is 6.76. The van der Waals surface area contributed by atoms with Crippen LogP contribution in [0.25, 0.3) is 0 Å². The van der Waals surface area contributed by atoms with Gasteiger partial charge in [0.15, 0.2) is 0 Å². The van der Waals surface area contributed by atoms with E-state index < -0.39 is 0 Å². The molecule has 0 saturated carbocycles. The van der Waals surface area contributed by atoms with Crippen LogP contribution in [0.1, 0.15) is 58.3 Å². The van der Waals surface area contributed by atoms with Crippen LogP contribution in [0.4, 0.5) is 0 Å². The van der Waals surface area contributed by atoms with Crippen LogP contribution in [0, 0.1) is 0 Å². The van der Waals surface area contributed by atoms with Crippen molar-refractivity contribution < 1.29 is 0 Å². The second-order valence-corrected chi connectivity index (χ2v) is 7.35. The van der Waals surface area contributed by atoms with E-state index in [0.717, 1.165) is 24.2 Å². The van der Waals surface area contributed by atoms with Gasteiger partial charge in [-0.05, 0) is 65.6 Å². The molecule has 0 spiro atoms. The summed E-state index contributed by atoms with van der Waals surface area (Å²) in [6.45, 7) is 6.47. The predicted octanol–water partition coefficient (Wildman–Crippen LogP) is 2.47. The topological polar surface area (TPSA) is 18.5 Å². The number of fused-ring (bicyclic) bond motifs is 2. The Morgan fingerprint density at radius 1 is 1.00 bits per heavy atom. The fourth-order valence-corrected chi connectivity index (χ4v) is 4.98. The summed E-state index contributed by atoms with van der Waals surface area (Å²) in [6.07, 6.45) is 11.3. The Labute approximate surface area is 125 Å². The van der Waals surface area contributed by atoms with Crippen molar-refractivity contribution in [2.75, 3.05) is 26.7 Å². The molecule has 20 heavy (non-hydrogen) atoms. The van der Waals surface area contributed by atoms with E-state index in [0.29, 0.717) is 0 Å². The van der Waals surface area contributed by atoms with Crippen LogP contribution in [-0.4, -0.2) is 60.6 Å². The van der Waals surface area contributed by atoms with Crippen molar-refractivity contribution in [2.24, 2.45) is 0 Å². The normalized spacial score (nSPS) is 37.8. The van der Waals surface area contributed by atoms with Gasteiger partial charge in [0.1, 0.15) is 0 Å². The van der Waals surface area contributed by atoms with E-state index in [-0.39, 0.29) is 0 Å². The molecule has 3 unspecified atom stereocenters. The lowest BCUT2D eigenvalue weighted by atomic mass is 9.80. The largest absolute Gasteiger partial charge is 0.317 e. The molecule has 116 valence electrons. The maximum atomic E-state index is 3.54. The monoisotopic (exact) mass is 279 g/mol. The average Bonchev–Trinajstić information content (AvgIpc) is 2.46. The van der Waals surface area contributed by atoms with Gasteiger partial charge in [-0.3, -0.25) is 4.90 Å². The SMILES string of the molecule is CNC1CC2CCCC(C1)N2C(C)CN1CCCCC1. The maximum absolute atomic E-state index is 3.54. The molecule has 3 heterocycles. The van der Waals surface area contributed by atoms with E-state index in [1.165, 1.54) is 71.0 Å². The number of hydrogen-bond donors (Lipinski definition) is 1. The standard InChI is InChI=1S/C17H33N3/c1-14(13-19-9-4-3-5-10-19)20-16-7-6-8-17(20)12-15(11-16)18-2/h14-18H,3-13H2,1-2H3. The van der Waals surface area contributed by atoms with Crippen molar-refractivity contribution in [3.8, 4) is 0 Å². The van der Waals surface area contributed by atoms with Gasteiger partial charge >= 0.3 is 0 Å². The minimum atomic E-state index is 0.751. The molecule has 0 aromatic heterocycles. The third-order valence-corrected chi connectivity index (χ3v) is 5.92. The summed E-state index contributed by atoms with van der Waals surface area (Å²) in [6, 6.07) is 3.21. The predicted molar refractivity (Wildman–Crippen MR) is 85.1 cm³/mol. The number of likely N-dealkylation sites (tertiary alicyclic amines) is 1. The summed E-state index contributed by atoms with van der Waals surface area (Å²) in [5.74, 6) is 0. The van der Waals surface area contributed by atoms with Gasteiger partial charge in [-0.25, -0.2) is 0 Å². The summed E-state index contributed by atoms with van der Waals surface area (Å²) in [5, 5.41) is 3.54. The minimum absolute atomic E-state index is 0.751. The number of hydrogen-bond acceptors (Lipinski definition) is 3. The molecule has 3 heteroatoms. The zero-order valence-corrected chi connectivity index (χ0v) is 13.5. The lowest BCUT2D eigenvalue weighted by molar-refractivity contribution is -0.0161. The molecule has 3 aliphatic rings. The lowest BCUT2D eigenvalue weighted by Gasteiger charge is -2.52. The zero-order chi connectivity index (χ0) is 13.9. The van der Waals surface area contributed by atoms with Gasteiger partial charge in [-0.2, -0.15) is 0 Å². The molecule has 3 nitrogen and oxygen atoms in total. The molecular formula is C17H33N3. The highest BCUT2D eigenvalue weighted by Gasteiger charge is 2.40. The minimum Gasteiger partial charge on any atom is -0.317 e. The van der Waals surface area contributed by atoms with Crippen LogP contribution in [-0.2, 0) is 0 Å². The molecule has 3 rings (SSSR count). The van der Waals surface area contributed by atoms with Crippen molar-refractivity contribution in [3.63, 3.8) is 0 Å². The molecule has 1 N–H and O–H groups in total. The molecule has 3 aliphatic heterocycles. The molecule has 0 aromatic carbocycles. The average molecular weight is 279 g/mol. The Morgan fingerprint density at radius 2 is 1.65 bits per heavy atom. The van der Waals surface area contributed by atoms with Gasteiger partial charge in [0.05, 0.1) is 0 Å². The van der Waals surface area contributed by atoms with Crippen LogP contribution in [0.2, 0.25) is 0 Å².